The molecule has 0 saturated carbocycles. The molecule has 0 radical (unpaired) electrons. The second-order valence-electron chi connectivity index (χ2n) is 18.9. The van der Waals surface area contributed by atoms with Gasteiger partial charge in [0.25, 0.3) is 0 Å². The number of carbonyl (C=O) groups is 10. The SMILES string of the molecule is CC(C)C[C@H](NC(=O)[C@H](Cc1ccc(O)cc1)NC(=O)[C@H](Cc1ccccc1)NC(=O)[C@@H]1CCCN1C(=O)[C@@H](NC(=O)[C@H](C)N)C(C)C)C(=O)N1CCC[C@H]1C(=O)N[C@@H](CCC(=O)O)C(=O)NCC(=O)O. The smallest absolute Gasteiger partial charge is 0.322 e. The van der Waals surface area contributed by atoms with Gasteiger partial charge in [-0.25, -0.2) is 0 Å². The molecule has 0 aliphatic carbocycles. The molecule has 2 aromatic rings. The van der Waals surface area contributed by atoms with E-state index >= 15 is 0 Å². The quantitative estimate of drug-likeness (QED) is 0.0611. The van der Waals surface area contributed by atoms with E-state index in [-0.39, 0.29) is 69.2 Å². The number of hydrogen-bond acceptors (Lipinski definition) is 12. The normalized spacial score (nSPS) is 18.0. The Morgan fingerprint density at radius 2 is 1.11 bits per heavy atom. The Bertz CT molecular complexity index is 2220. The van der Waals surface area contributed by atoms with E-state index in [1.165, 1.54) is 28.9 Å². The number of benzene rings is 2. The Hall–Kier alpha value is -7.10. The third kappa shape index (κ3) is 17.1. The largest absolute Gasteiger partial charge is 0.508 e. The molecule has 2 heterocycles. The van der Waals surface area contributed by atoms with Gasteiger partial charge in [-0.2, -0.15) is 0 Å². The lowest BCUT2D eigenvalue weighted by Crippen LogP contribution is -2.61. The minimum absolute atomic E-state index is 0.0308. The summed E-state index contributed by atoms with van der Waals surface area (Å²) in [5.74, 6) is -8.77. The molecule has 388 valence electrons. The number of nitrogens with two attached hydrogens (primary N) is 1. The number of phenolic OH excluding ortho intramolecular Hbond substituents is 1. The molecule has 0 bridgehead atoms. The highest BCUT2D eigenvalue weighted by Gasteiger charge is 2.42. The van der Waals surface area contributed by atoms with E-state index in [1.54, 1.807) is 56.3 Å². The van der Waals surface area contributed by atoms with Crippen molar-refractivity contribution in [2.45, 2.75) is 141 Å². The van der Waals surface area contributed by atoms with E-state index in [9.17, 15) is 58.2 Å². The highest BCUT2D eigenvalue weighted by atomic mass is 16.4. The fraction of sp³-hybridized carbons (Fsp3) is 0.551. The van der Waals surface area contributed by atoms with Crippen LogP contribution in [0.25, 0.3) is 0 Å². The van der Waals surface area contributed by atoms with E-state index in [1.807, 2.05) is 13.8 Å². The van der Waals surface area contributed by atoms with Gasteiger partial charge in [-0.15, -0.1) is 0 Å². The Morgan fingerprint density at radius 3 is 1.62 bits per heavy atom. The van der Waals surface area contributed by atoms with Gasteiger partial charge in [0.05, 0.1) is 6.04 Å². The van der Waals surface area contributed by atoms with Crippen LogP contribution in [0.5, 0.6) is 5.75 Å². The van der Waals surface area contributed by atoms with Gasteiger partial charge in [0.15, 0.2) is 0 Å². The molecule has 22 heteroatoms. The Balaban J connectivity index is 1.61. The molecule has 2 aliphatic heterocycles. The molecular weight excluding hydrogens is 923 g/mol. The average molecular weight is 992 g/mol. The van der Waals surface area contributed by atoms with E-state index in [2.05, 4.69) is 31.9 Å². The van der Waals surface area contributed by atoms with Gasteiger partial charge in [-0.1, -0.05) is 70.2 Å². The van der Waals surface area contributed by atoms with Crippen LogP contribution in [0.3, 0.4) is 0 Å². The van der Waals surface area contributed by atoms with Gasteiger partial charge in [-0.3, -0.25) is 47.9 Å². The number of carboxylic acid groups (broad SMARTS) is 2. The van der Waals surface area contributed by atoms with Crippen molar-refractivity contribution >= 4 is 59.2 Å². The summed E-state index contributed by atoms with van der Waals surface area (Å²) in [6, 6.07) is 5.35. The van der Waals surface area contributed by atoms with Crippen LogP contribution in [-0.2, 0) is 60.8 Å². The maximum atomic E-state index is 14.6. The minimum atomic E-state index is -1.43. The second kappa shape index (κ2) is 26.8. The van der Waals surface area contributed by atoms with Crippen LogP contribution in [0.4, 0.5) is 0 Å². The maximum absolute atomic E-state index is 14.6. The highest BCUT2D eigenvalue weighted by Crippen LogP contribution is 2.23. The predicted octanol–water partition coefficient (Wildman–Crippen LogP) is -0.302. The highest BCUT2D eigenvalue weighted by molar-refractivity contribution is 5.98. The third-order valence-corrected chi connectivity index (χ3v) is 12.3. The Kier molecular flexibility index (Phi) is 21.3. The number of hydrogen-bond donors (Lipinski definition) is 10. The summed E-state index contributed by atoms with van der Waals surface area (Å²) in [6.45, 7) is 8.15. The molecule has 0 aromatic heterocycles. The van der Waals surface area contributed by atoms with Crippen LogP contribution >= 0.6 is 0 Å². The molecular formula is C49H69N9O13. The van der Waals surface area contributed by atoms with Crippen molar-refractivity contribution in [3.05, 3.63) is 65.7 Å². The molecule has 4 rings (SSSR count). The molecule has 11 N–H and O–H groups in total. The number of nitrogens with one attached hydrogen (secondary N) is 6. The number of rotatable bonds is 25. The molecule has 2 saturated heterocycles. The number of aliphatic carboxylic acids is 2. The summed E-state index contributed by atoms with van der Waals surface area (Å²) < 4.78 is 0. The summed E-state index contributed by atoms with van der Waals surface area (Å²) in [6.07, 6.45) is 0.284. The molecule has 8 amide bonds. The zero-order valence-corrected chi connectivity index (χ0v) is 40.9. The van der Waals surface area contributed by atoms with Crippen LogP contribution in [-0.4, -0.2) is 152 Å². The van der Waals surface area contributed by atoms with Crippen molar-refractivity contribution in [3.63, 3.8) is 0 Å². The molecule has 8 atom stereocenters. The Morgan fingerprint density at radius 1 is 0.606 bits per heavy atom. The first-order chi connectivity index (χ1) is 33.6. The molecule has 2 fully saturated rings. The standard InChI is InChI=1S/C49H69N9O13/c1-27(2)23-36(48(70)57-21-9-13-37(57)46(68)52-33(19-20-39(60)61)43(65)51-26-40(62)63)55-45(67)34(25-31-15-17-32(59)18-16-31)53-44(66)35(24-30-11-7-6-8-12-30)54-47(69)38-14-10-22-58(38)49(71)41(28(3)4)56-42(64)29(5)50/h6-8,11-12,15-18,27-29,33-38,41,59H,9-10,13-14,19-26,50H2,1-5H3,(H,51,65)(H,52,68)(H,53,66)(H,54,69)(H,55,67)(H,56,64)(H,60,61)(H,62,63)/t29-,33-,34-,35-,36-,37-,38-,41-/m0/s1. The van der Waals surface area contributed by atoms with E-state index in [0.717, 1.165) is 0 Å². The van der Waals surface area contributed by atoms with Gasteiger partial charge in [0.2, 0.25) is 47.3 Å². The van der Waals surface area contributed by atoms with Crippen LogP contribution in [0.2, 0.25) is 0 Å². The molecule has 2 aliphatic rings. The van der Waals surface area contributed by atoms with E-state index in [4.69, 9.17) is 10.8 Å². The topological polar surface area (TPSA) is 336 Å². The fourth-order valence-electron chi connectivity index (χ4n) is 8.52. The van der Waals surface area contributed by atoms with Gasteiger partial charge in [-0.05, 0) is 80.5 Å². The molecule has 71 heavy (non-hydrogen) atoms. The monoisotopic (exact) mass is 992 g/mol. The number of aromatic hydroxyl groups is 1. The van der Waals surface area contributed by atoms with Crippen molar-refractivity contribution in [2.75, 3.05) is 19.6 Å². The first-order valence-corrected chi connectivity index (χ1v) is 24.0. The number of nitrogens with zero attached hydrogens (tertiary/aromatic N) is 2. The first kappa shape index (κ1) is 56.5. The van der Waals surface area contributed by atoms with Crippen LogP contribution in [0.15, 0.2) is 54.6 Å². The van der Waals surface area contributed by atoms with E-state index < -0.39 is 120 Å². The lowest BCUT2D eigenvalue weighted by Gasteiger charge is -2.32. The lowest BCUT2D eigenvalue weighted by molar-refractivity contribution is -0.143. The van der Waals surface area contributed by atoms with Crippen molar-refractivity contribution in [2.24, 2.45) is 17.6 Å². The number of likely N-dealkylation sites (tertiary alicyclic amines) is 2. The first-order valence-electron chi connectivity index (χ1n) is 24.0. The number of phenols is 1. The average Bonchev–Trinajstić information content (AvgIpc) is 4.02. The molecule has 22 nitrogen and oxygen atoms in total. The summed E-state index contributed by atoms with van der Waals surface area (Å²) in [4.78, 5) is 136. The number of amides is 8. The van der Waals surface area contributed by atoms with Gasteiger partial charge >= 0.3 is 11.9 Å². The molecule has 0 unspecified atom stereocenters. The lowest BCUT2D eigenvalue weighted by atomic mass is 9.99. The molecule has 0 spiro atoms. The molecule has 2 aromatic carbocycles. The zero-order chi connectivity index (χ0) is 52.5. The van der Waals surface area contributed by atoms with Gasteiger partial charge in [0.1, 0.15) is 54.6 Å². The van der Waals surface area contributed by atoms with Crippen LogP contribution < -0.4 is 37.6 Å². The van der Waals surface area contributed by atoms with Gasteiger partial charge in [0, 0.05) is 32.4 Å². The Labute approximate surface area is 412 Å². The van der Waals surface area contributed by atoms with Crippen molar-refractivity contribution in [1.82, 2.24) is 41.7 Å². The predicted molar refractivity (Wildman–Crippen MR) is 257 cm³/mol. The van der Waals surface area contributed by atoms with Crippen molar-refractivity contribution < 1.29 is 63.3 Å². The number of carbonyl (C=O) groups excluding carboxylic acids is 8. The summed E-state index contributed by atoms with van der Waals surface area (Å²) in [5, 5.41) is 44.0. The summed E-state index contributed by atoms with van der Waals surface area (Å²) in [5.41, 5.74) is 6.94. The van der Waals surface area contributed by atoms with E-state index in [0.29, 0.717) is 24.0 Å². The summed E-state index contributed by atoms with van der Waals surface area (Å²) in [7, 11) is 0. The summed E-state index contributed by atoms with van der Waals surface area (Å²) >= 11 is 0. The van der Waals surface area contributed by atoms with Crippen molar-refractivity contribution in [1.29, 1.82) is 0 Å². The number of carboxylic acids is 2. The van der Waals surface area contributed by atoms with Crippen molar-refractivity contribution in [3.8, 4) is 5.75 Å². The second-order valence-corrected chi connectivity index (χ2v) is 18.9. The fourth-order valence-corrected chi connectivity index (χ4v) is 8.52. The van der Waals surface area contributed by atoms with Crippen LogP contribution in [0.1, 0.15) is 90.7 Å². The zero-order valence-electron chi connectivity index (χ0n) is 40.9. The van der Waals surface area contributed by atoms with Crippen LogP contribution in [0, 0.1) is 11.8 Å². The minimum Gasteiger partial charge on any atom is -0.508 e. The maximum Gasteiger partial charge on any atom is 0.322 e. The third-order valence-electron chi connectivity index (χ3n) is 12.3. The van der Waals surface area contributed by atoms with Gasteiger partial charge < -0.3 is 62.8 Å².